The van der Waals surface area contributed by atoms with E-state index in [1.807, 2.05) is 0 Å². The minimum atomic E-state index is 0.228. The molecule has 12 heavy (non-hydrogen) atoms. The van der Waals surface area contributed by atoms with Crippen molar-refractivity contribution in [1.29, 1.82) is 0 Å². The summed E-state index contributed by atoms with van der Waals surface area (Å²) < 4.78 is 10.3. The van der Waals surface area contributed by atoms with Crippen molar-refractivity contribution in [1.82, 2.24) is 0 Å². The average Bonchev–Trinajstić information content (AvgIpc) is 2.04. The summed E-state index contributed by atoms with van der Waals surface area (Å²) >= 11 is 3.50. The van der Waals surface area contributed by atoms with E-state index < -0.39 is 0 Å². The Morgan fingerprint density at radius 1 is 1.17 bits per heavy atom. The molecular formula is C9H19BrO2. The highest BCUT2D eigenvalue weighted by molar-refractivity contribution is 9.09. The molecule has 0 fully saturated rings. The predicted octanol–water partition coefficient (Wildman–Crippen LogP) is 2.32. The molecule has 0 saturated carbocycles. The van der Waals surface area contributed by atoms with Gasteiger partial charge in [-0.15, -0.1) is 0 Å². The van der Waals surface area contributed by atoms with Crippen molar-refractivity contribution in [2.45, 2.75) is 13.8 Å². The maximum atomic E-state index is 5.14. The Morgan fingerprint density at radius 2 is 1.58 bits per heavy atom. The van der Waals surface area contributed by atoms with Gasteiger partial charge in [-0.2, -0.15) is 0 Å². The lowest BCUT2D eigenvalue weighted by molar-refractivity contribution is 0.0313. The van der Waals surface area contributed by atoms with Crippen LogP contribution in [0.5, 0.6) is 0 Å². The number of alkyl halides is 1. The van der Waals surface area contributed by atoms with Gasteiger partial charge in [-0.1, -0.05) is 29.8 Å². The Labute approximate surface area is 83.8 Å². The Balaban J connectivity index is 4.07. The monoisotopic (exact) mass is 238 g/mol. The third-order valence-corrected chi connectivity index (χ3v) is 3.63. The quantitative estimate of drug-likeness (QED) is 0.662. The molecule has 0 aromatic rings. The highest BCUT2D eigenvalue weighted by atomic mass is 79.9. The normalized spacial score (nSPS) is 12.5. The van der Waals surface area contributed by atoms with Gasteiger partial charge in [0, 0.05) is 25.5 Å². The zero-order valence-corrected chi connectivity index (χ0v) is 9.98. The number of methoxy groups -OCH3 is 2. The van der Waals surface area contributed by atoms with Crippen LogP contribution in [0.3, 0.4) is 0 Å². The largest absolute Gasteiger partial charge is 0.384 e. The topological polar surface area (TPSA) is 18.5 Å². The average molecular weight is 239 g/mol. The molecule has 2 nitrogen and oxygen atoms in total. The molecule has 0 spiro atoms. The number of rotatable bonds is 6. The fourth-order valence-corrected chi connectivity index (χ4v) is 1.47. The maximum absolute atomic E-state index is 5.14. The molecule has 0 aliphatic heterocycles. The maximum Gasteiger partial charge on any atom is 0.0517 e. The van der Waals surface area contributed by atoms with Gasteiger partial charge in [-0.25, -0.2) is 0 Å². The summed E-state index contributed by atoms with van der Waals surface area (Å²) in [4.78, 5) is 0. The number of halogens is 1. The van der Waals surface area contributed by atoms with Crippen LogP contribution in [0, 0.1) is 11.3 Å². The van der Waals surface area contributed by atoms with E-state index in [4.69, 9.17) is 9.47 Å². The summed E-state index contributed by atoms with van der Waals surface area (Å²) in [5, 5.41) is 0.970. The van der Waals surface area contributed by atoms with Gasteiger partial charge in [-0.05, 0) is 5.41 Å². The van der Waals surface area contributed by atoms with Gasteiger partial charge >= 0.3 is 0 Å². The van der Waals surface area contributed by atoms with Crippen molar-refractivity contribution >= 4 is 15.9 Å². The molecule has 0 N–H and O–H groups in total. The summed E-state index contributed by atoms with van der Waals surface area (Å²) in [7, 11) is 3.46. The van der Waals surface area contributed by atoms with Gasteiger partial charge in [0.05, 0.1) is 13.2 Å². The molecule has 0 heterocycles. The van der Waals surface area contributed by atoms with E-state index in [0.717, 1.165) is 18.5 Å². The zero-order valence-electron chi connectivity index (χ0n) is 8.39. The highest BCUT2D eigenvalue weighted by Gasteiger charge is 2.28. The predicted molar refractivity (Wildman–Crippen MR) is 54.8 cm³/mol. The Kier molecular flexibility index (Phi) is 6.14. The van der Waals surface area contributed by atoms with Gasteiger partial charge in [0.25, 0.3) is 0 Å². The lowest BCUT2D eigenvalue weighted by Crippen LogP contribution is -2.32. The first-order chi connectivity index (χ1) is 5.58. The molecular weight excluding hydrogens is 220 g/mol. The van der Waals surface area contributed by atoms with Crippen LogP contribution in [0.2, 0.25) is 0 Å². The smallest absolute Gasteiger partial charge is 0.0517 e. The molecule has 0 bridgehead atoms. The van der Waals surface area contributed by atoms with E-state index in [1.54, 1.807) is 14.2 Å². The number of hydrogen-bond acceptors (Lipinski definition) is 2. The Morgan fingerprint density at radius 3 is 1.83 bits per heavy atom. The van der Waals surface area contributed by atoms with E-state index in [9.17, 15) is 0 Å². The summed E-state index contributed by atoms with van der Waals surface area (Å²) in [6.45, 7) is 5.94. The molecule has 0 amide bonds. The molecule has 0 atom stereocenters. The fraction of sp³-hybridized carbons (Fsp3) is 1.00. The van der Waals surface area contributed by atoms with E-state index in [2.05, 4.69) is 29.8 Å². The minimum absolute atomic E-state index is 0.228. The molecule has 74 valence electrons. The van der Waals surface area contributed by atoms with Gasteiger partial charge in [0.1, 0.15) is 0 Å². The third kappa shape index (κ3) is 3.87. The van der Waals surface area contributed by atoms with Crippen LogP contribution in [-0.4, -0.2) is 32.8 Å². The molecule has 0 radical (unpaired) electrons. The molecule has 0 aromatic heterocycles. The minimum Gasteiger partial charge on any atom is -0.384 e. The summed E-state index contributed by atoms with van der Waals surface area (Å²) in [6.07, 6.45) is 0. The van der Waals surface area contributed by atoms with Crippen molar-refractivity contribution in [2.75, 3.05) is 32.8 Å². The zero-order chi connectivity index (χ0) is 9.61. The molecule has 0 saturated heterocycles. The SMILES string of the molecule is COCC(COC)C(C)(C)CBr. The Hall–Kier alpha value is 0.400. The molecule has 3 heteroatoms. The fourth-order valence-electron chi connectivity index (χ4n) is 1.01. The lowest BCUT2D eigenvalue weighted by Gasteiger charge is -2.31. The van der Waals surface area contributed by atoms with Crippen LogP contribution in [0.4, 0.5) is 0 Å². The molecule has 0 aliphatic rings. The number of hydrogen-bond donors (Lipinski definition) is 0. The summed E-state index contributed by atoms with van der Waals surface area (Å²) in [5.41, 5.74) is 0.228. The van der Waals surface area contributed by atoms with Crippen LogP contribution in [0.15, 0.2) is 0 Å². The first-order valence-corrected chi connectivity index (χ1v) is 5.24. The third-order valence-electron chi connectivity index (χ3n) is 2.19. The number of ether oxygens (including phenoxy) is 2. The van der Waals surface area contributed by atoms with Crippen LogP contribution in [-0.2, 0) is 9.47 Å². The van der Waals surface area contributed by atoms with Crippen molar-refractivity contribution in [3.05, 3.63) is 0 Å². The summed E-state index contributed by atoms with van der Waals surface area (Å²) in [5.74, 6) is 0.451. The second-order valence-corrected chi connectivity index (χ2v) is 4.29. The highest BCUT2D eigenvalue weighted by Crippen LogP contribution is 2.29. The Bertz CT molecular complexity index is 109. The van der Waals surface area contributed by atoms with Crippen LogP contribution >= 0.6 is 15.9 Å². The van der Waals surface area contributed by atoms with E-state index in [-0.39, 0.29) is 5.41 Å². The van der Waals surface area contributed by atoms with E-state index in [1.165, 1.54) is 0 Å². The van der Waals surface area contributed by atoms with Crippen molar-refractivity contribution in [3.8, 4) is 0 Å². The van der Waals surface area contributed by atoms with Crippen LogP contribution in [0.1, 0.15) is 13.8 Å². The molecule has 0 unspecified atom stereocenters. The van der Waals surface area contributed by atoms with Crippen molar-refractivity contribution in [3.63, 3.8) is 0 Å². The van der Waals surface area contributed by atoms with Gasteiger partial charge in [-0.3, -0.25) is 0 Å². The van der Waals surface area contributed by atoms with Gasteiger partial charge in [0.15, 0.2) is 0 Å². The van der Waals surface area contributed by atoms with E-state index in [0.29, 0.717) is 5.92 Å². The summed E-state index contributed by atoms with van der Waals surface area (Å²) in [6, 6.07) is 0. The van der Waals surface area contributed by atoms with E-state index >= 15 is 0 Å². The first kappa shape index (κ1) is 12.4. The van der Waals surface area contributed by atoms with Crippen molar-refractivity contribution < 1.29 is 9.47 Å². The van der Waals surface area contributed by atoms with Crippen LogP contribution < -0.4 is 0 Å². The molecule has 0 aliphatic carbocycles. The van der Waals surface area contributed by atoms with Crippen molar-refractivity contribution in [2.24, 2.45) is 11.3 Å². The first-order valence-electron chi connectivity index (χ1n) is 4.12. The lowest BCUT2D eigenvalue weighted by atomic mass is 9.82. The van der Waals surface area contributed by atoms with Gasteiger partial charge in [0.2, 0.25) is 0 Å². The molecule has 0 rings (SSSR count). The second kappa shape index (κ2) is 5.95. The van der Waals surface area contributed by atoms with Crippen LogP contribution in [0.25, 0.3) is 0 Å². The molecule has 0 aromatic carbocycles. The standard InChI is InChI=1S/C9H19BrO2/c1-9(2,7-10)8(5-11-3)6-12-4/h8H,5-7H2,1-4H3. The second-order valence-electron chi connectivity index (χ2n) is 3.73. The van der Waals surface area contributed by atoms with Gasteiger partial charge < -0.3 is 9.47 Å².